The second-order valence-electron chi connectivity index (χ2n) is 5.86. The zero-order valence-corrected chi connectivity index (χ0v) is 13.5. The first-order valence-corrected chi connectivity index (χ1v) is 6.77. The zero-order chi connectivity index (χ0) is 19.4. The molecule has 0 bridgehead atoms. The number of nitro benzene ring substituents is 2. The van der Waals surface area contributed by atoms with Gasteiger partial charge in [-0.2, -0.15) is 0 Å². The maximum absolute atomic E-state index is 11.9. The molecule has 0 spiro atoms. The molecule has 0 unspecified atom stereocenters. The third kappa shape index (κ3) is 5.85. The molecule has 0 aliphatic carbocycles. The molecule has 12 heteroatoms. The highest BCUT2D eigenvalue weighted by atomic mass is 16.6. The first kappa shape index (κ1) is 19.5. The molecule has 1 aromatic rings. The predicted octanol–water partition coefficient (Wildman–Crippen LogP) is 0.179. The number of carbonyl (C=O) groups excluding carboxylic acids is 3. The number of hydrogen-bond acceptors (Lipinski definition) is 7. The Balaban J connectivity index is 2.87. The smallest absolute Gasteiger partial charge is 0.327 e. The fraction of sp³-hybridized carbons (Fsp3) is 0.308. The maximum Gasteiger partial charge on any atom is 0.327 e. The minimum atomic E-state index is -1.18. The number of carbonyl (C=O) groups is 3. The van der Waals surface area contributed by atoms with E-state index in [1.54, 1.807) is 20.8 Å². The SMILES string of the molecule is CC(C)(C)NC(=O)C(=O)NNC(=O)c1cc([N+](=O)[O-])cc([N+](=O)[O-])c1. The number of nitro groups is 2. The molecular weight excluding hydrogens is 338 g/mol. The van der Waals surface area contributed by atoms with Crippen LogP contribution in [0.15, 0.2) is 18.2 Å². The van der Waals surface area contributed by atoms with E-state index >= 15 is 0 Å². The van der Waals surface area contributed by atoms with Crippen molar-refractivity contribution in [2.24, 2.45) is 0 Å². The Hall–Kier alpha value is -3.57. The van der Waals surface area contributed by atoms with Crippen molar-refractivity contribution in [2.75, 3.05) is 0 Å². The number of rotatable bonds is 3. The predicted molar refractivity (Wildman–Crippen MR) is 83.3 cm³/mol. The van der Waals surface area contributed by atoms with Crippen LogP contribution >= 0.6 is 0 Å². The van der Waals surface area contributed by atoms with Gasteiger partial charge in [-0.25, -0.2) is 0 Å². The van der Waals surface area contributed by atoms with Crippen molar-refractivity contribution < 1.29 is 24.2 Å². The lowest BCUT2D eigenvalue weighted by Crippen LogP contribution is -2.52. The largest absolute Gasteiger partial charge is 0.343 e. The summed E-state index contributed by atoms with van der Waals surface area (Å²) in [5, 5.41) is 23.9. The van der Waals surface area contributed by atoms with Crippen molar-refractivity contribution in [2.45, 2.75) is 26.3 Å². The van der Waals surface area contributed by atoms with Crippen molar-refractivity contribution in [3.63, 3.8) is 0 Å². The first-order valence-electron chi connectivity index (χ1n) is 6.77. The van der Waals surface area contributed by atoms with Gasteiger partial charge in [-0.15, -0.1) is 0 Å². The molecule has 1 rings (SSSR count). The van der Waals surface area contributed by atoms with E-state index in [1.807, 2.05) is 10.9 Å². The van der Waals surface area contributed by atoms with Crippen LogP contribution in [0.5, 0.6) is 0 Å². The van der Waals surface area contributed by atoms with Gasteiger partial charge >= 0.3 is 11.8 Å². The third-order valence-electron chi connectivity index (χ3n) is 2.57. The van der Waals surface area contributed by atoms with Crippen LogP contribution in [0.2, 0.25) is 0 Å². The molecule has 0 atom stereocenters. The first-order chi connectivity index (χ1) is 11.4. The van der Waals surface area contributed by atoms with Gasteiger partial charge < -0.3 is 5.32 Å². The number of hydrazine groups is 1. The van der Waals surface area contributed by atoms with E-state index in [1.165, 1.54) is 0 Å². The Bertz CT molecular complexity index is 721. The summed E-state index contributed by atoms with van der Waals surface area (Å²) in [6.07, 6.45) is 0. The molecule has 0 radical (unpaired) electrons. The van der Waals surface area contributed by atoms with Crippen molar-refractivity contribution in [3.05, 3.63) is 44.0 Å². The second kappa shape index (κ2) is 7.33. The van der Waals surface area contributed by atoms with Crippen LogP contribution in [0.1, 0.15) is 31.1 Å². The second-order valence-corrected chi connectivity index (χ2v) is 5.86. The van der Waals surface area contributed by atoms with Gasteiger partial charge in [0, 0.05) is 17.7 Å². The van der Waals surface area contributed by atoms with Crippen molar-refractivity contribution in [1.82, 2.24) is 16.2 Å². The summed E-state index contributed by atoms with van der Waals surface area (Å²) < 4.78 is 0. The number of benzene rings is 1. The van der Waals surface area contributed by atoms with Crippen molar-refractivity contribution >= 4 is 29.1 Å². The van der Waals surface area contributed by atoms with Crippen LogP contribution in [-0.4, -0.2) is 33.1 Å². The Morgan fingerprint density at radius 3 is 1.76 bits per heavy atom. The zero-order valence-electron chi connectivity index (χ0n) is 13.5. The van der Waals surface area contributed by atoms with Crippen LogP contribution in [0.25, 0.3) is 0 Å². The highest BCUT2D eigenvalue weighted by Gasteiger charge is 2.22. The summed E-state index contributed by atoms with van der Waals surface area (Å²) in [5.41, 5.74) is 1.21. The molecule has 0 saturated carbocycles. The standard InChI is InChI=1S/C13H15N5O7/c1-13(2,3)14-11(20)12(21)16-15-10(19)7-4-8(17(22)23)6-9(5-7)18(24)25/h4-6H,1-3H3,(H,14,20)(H,15,19)(H,16,21). The highest BCUT2D eigenvalue weighted by molar-refractivity contribution is 6.35. The molecule has 12 nitrogen and oxygen atoms in total. The van der Waals surface area contributed by atoms with Gasteiger partial charge in [0.15, 0.2) is 0 Å². The van der Waals surface area contributed by atoms with Crippen molar-refractivity contribution in [1.29, 1.82) is 0 Å². The van der Waals surface area contributed by atoms with Crippen LogP contribution in [0.4, 0.5) is 11.4 Å². The van der Waals surface area contributed by atoms with Gasteiger partial charge in [0.2, 0.25) is 0 Å². The molecule has 25 heavy (non-hydrogen) atoms. The fourth-order valence-electron chi connectivity index (χ4n) is 1.58. The fourth-order valence-corrected chi connectivity index (χ4v) is 1.58. The van der Waals surface area contributed by atoms with Crippen molar-refractivity contribution in [3.8, 4) is 0 Å². The lowest BCUT2D eigenvalue weighted by atomic mass is 10.1. The minimum absolute atomic E-state index is 0.433. The monoisotopic (exact) mass is 353 g/mol. The average Bonchev–Trinajstić information content (AvgIpc) is 2.49. The molecule has 3 N–H and O–H groups in total. The van der Waals surface area contributed by atoms with Crippen LogP contribution in [0.3, 0.4) is 0 Å². The Labute approximate surface area is 140 Å². The molecule has 0 fully saturated rings. The quantitative estimate of drug-likeness (QED) is 0.394. The van der Waals surface area contributed by atoms with Gasteiger partial charge in [0.1, 0.15) is 0 Å². The number of amides is 3. The van der Waals surface area contributed by atoms with Gasteiger partial charge in [-0.05, 0) is 20.8 Å². The molecule has 0 aromatic heterocycles. The minimum Gasteiger partial charge on any atom is -0.343 e. The van der Waals surface area contributed by atoms with E-state index in [0.717, 1.165) is 12.1 Å². The summed E-state index contributed by atoms with van der Waals surface area (Å²) >= 11 is 0. The summed E-state index contributed by atoms with van der Waals surface area (Å²) in [7, 11) is 0. The number of non-ortho nitro benzene ring substituents is 2. The van der Waals surface area contributed by atoms with Gasteiger partial charge in [-0.1, -0.05) is 0 Å². The van der Waals surface area contributed by atoms with E-state index in [-0.39, 0.29) is 0 Å². The van der Waals surface area contributed by atoms with Crippen LogP contribution in [-0.2, 0) is 9.59 Å². The van der Waals surface area contributed by atoms with Crippen LogP contribution < -0.4 is 16.2 Å². The molecule has 0 saturated heterocycles. The normalized spacial score (nSPS) is 10.5. The topological polar surface area (TPSA) is 174 Å². The Morgan fingerprint density at radius 1 is 0.880 bits per heavy atom. The maximum atomic E-state index is 11.9. The molecule has 1 aromatic carbocycles. The van der Waals surface area contributed by atoms with E-state index < -0.39 is 50.0 Å². The molecule has 0 aliphatic heterocycles. The third-order valence-corrected chi connectivity index (χ3v) is 2.57. The summed E-state index contributed by atoms with van der Waals surface area (Å²) in [4.78, 5) is 54.7. The lowest BCUT2D eigenvalue weighted by Gasteiger charge is -2.19. The highest BCUT2D eigenvalue weighted by Crippen LogP contribution is 2.22. The van der Waals surface area contributed by atoms with Gasteiger partial charge in [0.25, 0.3) is 17.3 Å². The summed E-state index contributed by atoms with van der Waals surface area (Å²) in [5.74, 6) is -3.26. The van der Waals surface area contributed by atoms with E-state index in [2.05, 4.69) is 5.32 Å². The number of nitrogens with one attached hydrogen (secondary N) is 3. The Kier molecular flexibility index (Phi) is 5.71. The molecule has 3 amide bonds. The van der Waals surface area contributed by atoms with E-state index in [0.29, 0.717) is 6.07 Å². The van der Waals surface area contributed by atoms with E-state index in [9.17, 15) is 34.6 Å². The van der Waals surface area contributed by atoms with Gasteiger partial charge in [-0.3, -0.25) is 45.5 Å². The summed E-state index contributed by atoms with van der Waals surface area (Å²) in [6.45, 7) is 4.91. The van der Waals surface area contributed by atoms with Gasteiger partial charge in [0.05, 0.1) is 21.5 Å². The average molecular weight is 353 g/mol. The summed E-state index contributed by atoms with van der Waals surface area (Å²) in [6, 6.07) is 2.28. The molecular formula is C13H15N5O7. The van der Waals surface area contributed by atoms with E-state index in [4.69, 9.17) is 0 Å². The molecule has 134 valence electrons. The number of hydrogen-bond donors (Lipinski definition) is 3. The molecule has 0 heterocycles. The van der Waals surface area contributed by atoms with Crippen LogP contribution in [0, 0.1) is 20.2 Å². The Morgan fingerprint density at radius 2 is 1.36 bits per heavy atom. The number of nitrogens with zero attached hydrogens (tertiary/aromatic N) is 2. The lowest BCUT2D eigenvalue weighted by molar-refractivity contribution is -0.394. The molecule has 0 aliphatic rings.